The molecule has 6 N–H and O–H groups in total. The summed E-state index contributed by atoms with van der Waals surface area (Å²) in [5.41, 5.74) is 7.75. The van der Waals surface area contributed by atoms with E-state index in [1.807, 2.05) is 0 Å². The van der Waals surface area contributed by atoms with Crippen LogP contribution in [0, 0.1) is 6.92 Å². The monoisotopic (exact) mass is 556 g/mol. The molecule has 1 aromatic heterocycles. The number of rotatable bonds is 10. The van der Waals surface area contributed by atoms with Crippen molar-refractivity contribution in [3.63, 3.8) is 0 Å². The van der Waals surface area contributed by atoms with Crippen molar-refractivity contribution in [2.24, 2.45) is 11.6 Å². The maximum atomic E-state index is 13.7. The second kappa shape index (κ2) is 11.8. The van der Waals surface area contributed by atoms with Crippen LogP contribution in [0.4, 0.5) is 24.5 Å². The number of aryl methyl sites for hydroxylation is 1. The van der Waals surface area contributed by atoms with Gasteiger partial charge in [-0.1, -0.05) is 6.07 Å². The van der Waals surface area contributed by atoms with Crippen molar-refractivity contribution in [2.75, 3.05) is 24.5 Å². The molecule has 0 bridgehead atoms. The van der Waals surface area contributed by atoms with Crippen LogP contribution in [0.3, 0.4) is 0 Å². The molecule has 9 nitrogen and oxygen atoms in total. The summed E-state index contributed by atoms with van der Waals surface area (Å²) in [5, 5.41) is 7.04. The minimum atomic E-state index is -4.61. The molecule has 3 aromatic rings. The molecule has 1 aliphatic rings. The molecule has 1 heterocycles. The first kappa shape index (κ1) is 28.7. The first-order valence-electron chi connectivity index (χ1n) is 12.4. The number of aromatic nitrogens is 1. The van der Waals surface area contributed by atoms with Crippen LogP contribution in [0.2, 0.25) is 0 Å². The lowest BCUT2D eigenvalue weighted by Crippen LogP contribution is -2.27. The summed E-state index contributed by atoms with van der Waals surface area (Å²) in [6, 6.07) is 8.62. The Hall–Kier alpha value is -4.29. The van der Waals surface area contributed by atoms with Crippen molar-refractivity contribution in [1.29, 1.82) is 0 Å². The minimum Gasteiger partial charge on any atom is -0.495 e. The first-order chi connectivity index (χ1) is 19.0. The predicted octanol–water partition coefficient (Wildman–Crippen LogP) is 4.57. The normalized spacial score (nSPS) is 13.6. The standard InChI is InChI=1S/C28H31F3N6O3/c1-16-4-5-17(10-25(16)37(33)15-23(32)18-9-22(39-2)14-34-12-18)27(38)36-24-11-20(28(29,30)31)8-19(26(24)40-3)13-35-21-6-7-21/h4-5,8-12,14-15,21,35H,6-7,13,32-33H2,1-3H3,(H,36,38)/b23-15-. The Morgan fingerprint density at radius 1 is 1.12 bits per heavy atom. The van der Waals surface area contributed by atoms with E-state index < -0.39 is 17.6 Å². The van der Waals surface area contributed by atoms with Crippen LogP contribution in [0.15, 0.2) is 55.0 Å². The smallest absolute Gasteiger partial charge is 0.416 e. The number of nitrogens with zero attached hydrogens (tertiary/aromatic N) is 2. The Kier molecular flexibility index (Phi) is 8.50. The number of hydrazine groups is 1. The summed E-state index contributed by atoms with van der Waals surface area (Å²) in [6.45, 7) is 1.97. The quantitative estimate of drug-likeness (QED) is 0.211. The van der Waals surface area contributed by atoms with Gasteiger partial charge in [-0.2, -0.15) is 13.2 Å². The van der Waals surface area contributed by atoms with Crippen LogP contribution in [0.1, 0.15) is 45.5 Å². The third-order valence-corrected chi connectivity index (χ3v) is 6.41. The lowest BCUT2D eigenvalue weighted by Gasteiger charge is -2.20. The molecule has 1 saturated carbocycles. The predicted molar refractivity (Wildman–Crippen MR) is 147 cm³/mol. The molecular weight excluding hydrogens is 525 g/mol. The fraction of sp³-hybridized carbons (Fsp3) is 0.286. The highest BCUT2D eigenvalue weighted by atomic mass is 19.4. The number of pyridine rings is 1. The van der Waals surface area contributed by atoms with Crippen molar-refractivity contribution in [3.05, 3.63) is 82.8 Å². The molecule has 1 fully saturated rings. The zero-order valence-corrected chi connectivity index (χ0v) is 22.3. The molecular formula is C28H31F3N6O3. The largest absolute Gasteiger partial charge is 0.495 e. The Balaban J connectivity index is 1.61. The van der Waals surface area contributed by atoms with Gasteiger partial charge in [-0.05, 0) is 55.7 Å². The fourth-order valence-corrected chi connectivity index (χ4v) is 4.07. The fourth-order valence-electron chi connectivity index (χ4n) is 4.07. The maximum Gasteiger partial charge on any atom is 0.416 e. The van der Waals surface area contributed by atoms with E-state index in [0.717, 1.165) is 30.5 Å². The molecule has 0 atom stereocenters. The Bertz CT molecular complexity index is 1420. The van der Waals surface area contributed by atoms with Gasteiger partial charge in [0.25, 0.3) is 5.91 Å². The van der Waals surface area contributed by atoms with Gasteiger partial charge >= 0.3 is 6.18 Å². The summed E-state index contributed by atoms with van der Waals surface area (Å²) >= 11 is 0. The number of amides is 1. The highest BCUT2D eigenvalue weighted by Gasteiger charge is 2.33. The minimum absolute atomic E-state index is 0.0867. The second-order valence-electron chi connectivity index (χ2n) is 9.43. The third-order valence-electron chi connectivity index (χ3n) is 6.41. The summed E-state index contributed by atoms with van der Waals surface area (Å²) in [5.74, 6) is 6.30. The summed E-state index contributed by atoms with van der Waals surface area (Å²) < 4.78 is 51.7. The second-order valence-corrected chi connectivity index (χ2v) is 9.43. The lowest BCUT2D eigenvalue weighted by molar-refractivity contribution is -0.137. The molecule has 2 aromatic carbocycles. The topological polar surface area (TPSA) is 128 Å². The maximum absolute atomic E-state index is 13.7. The van der Waals surface area contributed by atoms with Crippen LogP contribution >= 0.6 is 0 Å². The number of alkyl halides is 3. The van der Waals surface area contributed by atoms with Gasteiger partial charge in [0.2, 0.25) is 0 Å². The molecule has 4 rings (SSSR count). The number of hydrogen-bond donors (Lipinski definition) is 4. The van der Waals surface area contributed by atoms with Crippen molar-refractivity contribution in [3.8, 4) is 11.5 Å². The summed E-state index contributed by atoms with van der Waals surface area (Å²) in [4.78, 5) is 17.3. The van der Waals surface area contributed by atoms with Gasteiger partial charge < -0.3 is 25.8 Å². The van der Waals surface area contributed by atoms with E-state index >= 15 is 0 Å². The molecule has 212 valence electrons. The van der Waals surface area contributed by atoms with Crippen molar-refractivity contribution in [1.82, 2.24) is 10.3 Å². The summed E-state index contributed by atoms with van der Waals surface area (Å²) in [6.07, 6.45) is 1.88. The SMILES string of the molecule is COc1cncc(/C(N)=C/N(N)c2cc(C(=O)Nc3cc(C(F)(F)F)cc(CNC4CC4)c3OC)ccc2C)c1. The third kappa shape index (κ3) is 6.82. The van der Waals surface area contributed by atoms with Gasteiger partial charge in [-0.3, -0.25) is 14.8 Å². The number of methoxy groups -OCH3 is 2. The molecule has 0 radical (unpaired) electrons. The van der Waals surface area contributed by atoms with E-state index in [0.29, 0.717) is 28.3 Å². The zero-order chi connectivity index (χ0) is 29.0. The zero-order valence-electron chi connectivity index (χ0n) is 22.3. The van der Waals surface area contributed by atoms with Crippen LogP contribution in [0.25, 0.3) is 5.70 Å². The number of nitrogens with one attached hydrogen (secondary N) is 2. The Labute approximate surface area is 229 Å². The molecule has 0 saturated heterocycles. The van der Waals surface area contributed by atoms with E-state index in [9.17, 15) is 18.0 Å². The van der Waals surface area contributed by atoms with Gasteiger partial charge in [-0.25, -0.2) is 5.84 Å². The molecule has 0 aliphatic heterocycles. The van der Waals surface area contributed by atoms with E-state index in [1.165, 1.54) is 37.7 Å². The number of nitrogens with two attached hydrogens (primary N) is 2. The van der Waals surface area contributed by atoms with E-state index in [2.05, 4.69) is 15.6 Å². The van der Waals surface area contributed by atoms with Crippen LogP contribution < -0.4 is 36.7 Å². The Morgan fingerprint density at radius 3 is 2.52 bits per heavy atom. The Morgan fingerprint density at radius 2 is 1.88 bits per heavy atom. The number of benzene rings is 2. The molecule has 1 amide bonds. The van der Waals surface area contributed by atoms with Crippen LogP contribution in [-0.4, -0.2) is 31.2 Å². The van der Waals surface area contributed by atoms with E-state index in [-0.39, 0.29) is 29.6 Å². The van der Waals surface area contributed by atoms with Crippen LogP contribution in [-0.2, 0) is 12.7 Å². The molecule has 40 heavy (non-hydrogen) atoms. The number of anilines is 2. The average Bonchev–Trinajstić information content (AvgIpc) is 3.76. The molecule has 12 heteroatoms. The molecule has 0 spiro atoms. The van der Waals surface area contributed by atoms with Crippen LogP contribution in [0.5, 0.6) is 11.5 Å². The summed E-state index contributed by atoms with van der Waals surface area (Å²) in [7, 11) is 2.86. The van der Waals surface area contributed by atoms with Crippen molar-refractivity contribution < 1.29 is 27.4 Å². The van der Waals surface area contributed by atoms with Gasteiger partial charge in [0.15, 0.2) is 0 Å². The van der Waals surface area contributed by atoms with Gasteiger partial charge in [-0.15, -0.1) is 0 Å². The average molecular weight is 557 g/mol. The number of hydrogen-bond acceptors (Lipinski definition) is 8. The van der Waals surface area contributed by atoms with Crippen molar-refractivity contribution in [2.45, 2.75) is 38.5 Å². The number of ether oxygens (including phenoxy) is 2. The first-order valence-corrected chi connectivity index (χ1v) is 12.4. The highest BCUT2D eigenvalue weighted by Crippen LogP contribution is 2.38. The van der Waals surface area contributed by atoms with E-state index in [1.54, 1.807) is 31.3 Å². The molecule has 0 unspecified atom stereocenters. The highest BCUT2D eigenvalue weighted by molar-refractivity contribution is 6.06. The molecule has 1 aliphatic carbocycles. The lowest BCUT2D eigenvalue weighted by atomic mass is 10.1. The van der Waals surface area contributed by atoms with E-state index in [4.69, 9.17) is 21.1 Å². The van der Waals surface area contributed by atoms with Crippen molar-refractivity contribution >= 4 is 23.0 Å². The van der Waals surface area contributed by atoms with Gasteiger partial charge in [0.1, 0.15) is 11.5 Å². The number of halogens is 3. The van der Waals surface area contributed by atoms with Gasteiger partial charge in [0.05, 0.1) is 43.1 Å². The number of carbonyl (C=O) groups is 1. The number of carbonyl (C=O) groups excluding carboxylic acids is 1. The van der Waals surface area contributed by atoms with Gasteiger partial charge in [0, 0.05) is 41.7 Å².